The fourth-order valence-electron chi connectivity index (χ4n) is 1.75. The molecule has 0 aliphatic rings. The van der Waals surface area contributed by atoms with Gasteiger partial charge >= 0.3 is 6.36 Å². The number of alkyl halides is 3. The van der Waals surface area contributed by atoms with Crippen LogP contribution in [-0.4, -0.2) is 6.36 Å². The van der Waals surface area contributed by atoms with Crippen molar-refractivity contribution in [1.82, 2.24) is 0 Å². The van der Waals surface area contributed by atoms with E-state index in [2.05, 4.69) is 11.3 Å². The zero-order valence-corrected chi connectivity index (χ0v) is 10.2. The number of hydrogen-bond donors (Lipinski definition) is 0. The highest BCUT2D eigenvalue weighted by molar-refractivity contribution is 5.69. The third-order valence-corrected chi connectivity index (χ3v) is 2.60. The topological polar surface area (TPSA) is 9.23 Å². The summed E-state index contributed by atoms with van der Waals surface area (Å²) in [6.07, 6.45) is -3.25. The van der Waals surface area contributed by atoms with E-state index in [0.29, 0.717) is 11.1 Å². The molecule has 2 rings (SSSR count). The van der Waals surface area contributed by atoms with Gasteiger partial charge in [-0.3, -0.25) is 0 Å². The maximum absolute atomic E-state index is 13.8. The van der Waals surface area contributed by atoms with Gasteiger partial charge < -0.3 is 4.74 Å². The van der Waals surface area contributed by atoms with Gasteiger partial charge in [0, 0.05) is 5.56 Å². The third-order valence-electron chi connectivity index (χ3n) is 2.60. The molecule has 0 unspecified atom stereocenters. The van der Waals surface area contributed by atoms with E-state index in [4.69, 9.17) is 0 Å². The fraction of sp³-hybridized carbons (Fsp3) is 0.0667. The van der Waals surface area contributed by atoms with Crippen molar-refractivity contribution in [2.75, 3.05) is 0 Å². The van der Waals surface area contributed by atoms with Gasteiger partial charge in [0.15, 0.2) is 0 Å². The Balaban J connectivity index is 2.43. The van der Waals surface area contributed by atoms with Crippen LogP contribution in [0.1, 0.15) is 5.56 Å². The maximum Gasteiger partial charge on any atom is 0.573 e. The van der Waals surface area contributed by atoms with Crippen LogP contribution in [0.25, 0.3) is 17.2 Å². The Bertz CT molecular complexity index is 632. The molecule has 5 heteroatoms. The Morgan fingerprint density at radius 2 is 1.80 bits per heavy atom. The second-order valence-electron chi connectivity index (χ2n) is 4.02. The first kappa shape index (κ1) is 14.1. The molecule has 0 N–H and O–H groups in total. The smallest absolute Gasteiger partial charge is 0.406 e. The van der Waals surface area contributed by atoms with E-state index in [0.717, 1.165) is 12.1 Å². The minimum absolute atomic E-state index is 0.190. The van der Waals surface area contributed by atoms with Gasteiger partial charge in [-0.2, -0.15) is 0 Å². The zero-order chi connectivity index (χ0) is 14.8. The van der Waals surface area contributed by atoms with Gasteiger partial charge in [-0.25, -0.2) is 4.39 Å². The molecular formula is C15H10F4O. The van der Waals surface area contributed by atoms with Crippen molar-refractivity contribution >= 4 is 6.08 Å². The molecule has 0 fully saturated rings. The Kier molecular flexibility index (Phi) is 3.79. The molecule has 0 amide bonds. The van der Waals surface area contributed by atoms with Crippen molar-refractivity contribution in [1.29, 1.82) is 0 Å². The van der Waals surface area contributed by atoms with Crippen LogP contribution in [0.4, 0.5) is 17.6 Å². The summed E-state index contributed by atoms with van der Waals surface area (Å²) in [5, 5.41) is 0. The molecule has 0 heterocycles. The van der Waals surface area contributed by atoms with Gasteiger partial charge in [0.1, 0.15) is 11.6 Å². The maximum atomic E-state index is 13.8. The number of hydrogen-bond acceptors (Lipinski definition) is 1. The normalized spacial score (nSPS) is 11.2. The largest absolute Gasteiger partial charge is 0.573 e. The lowest BCUT2D eigenvalue weighted by Gasteiger charge is -2.11. The molecule has 0 radical (unpaired) electrons. The summed E-state index contributed by atoms with van der Waals surface area (Å²) in [5.74, 6) is -0.918. The second-order valence-corrected chi connectivity index (χ2v) is 4.02. The number of halogens is 4. The summed E-state index contributed by atoms with van der Waals surface area (Å²) in [6, 6.07) is 9.45. The lowest BCUT2D eigenvalue weighted by Crippen LogP contribution is -2.17. The summed E-state index contributed by atoms with van der Waals surface area (Å²) in [6.45, 7) is 3.57. The Hall–Kier alpha value is -2.30. The number of rotatable bonds is 3. The summed E-state index contributed by atoms with van der Waals surface area (Å²) in [4.78, 5) is 0. The molecule has 0 spiro atoms. The zero-order valence-electron chi connectivity index (χ0n) is 10.2. The quantitative estimate of drug-likeness (QED) is 0.717. The summed E-state index contributed by atoms with van der Waals surface area (Å²) in [5.41, 5.74) is 1.16. The molecule has 0 aliphatic carbocycles. The van der Waals surface area contributed by atoms with Gasteiger partial charge in [0.05, 0.1) is 0 Å². The lowest BCUT2D eigenvalue weighted by molar-refractivity contribution is -0.274. The molecule has 0 atom stereocenters. The Morgan fingerprint density at radius 3 is 2.45 bits per heavy atom. The first-order chi connectivity index (χ1) is 9.39. The minimum atomic E-state index is -4.78. The predicted octanol–water partition coefficient (Wildman–Crippen LogP) is 5.03. The molecular weight excluding hydrogens is 272 g/mol. The van der Waals surface area contributed by atoms with E-state index in [1.807, 2.05) is 0 Å². The molecule has 0 saturated heterocycles. The van der Waals surface area contributed by atoms with Crippen molar-refractivity contribution in [3.63, 3.8) is 0 Å². The Labute approximate surface area is 113 Å². The average Bonchev–Trinajstić information content (AvgIpc) is 2.37. The fourth-order valence-corrected chi connectivity index (χ4v) is 1.75. The molecule has 20 heavy (non-hydrogen) atoms. The van der Waals surface area contributed by atoms with Crippen LogP contribution in [-0.2, 0) is 0 Å². The van der Waals surface area contributed by atoms with Gasteiger partial charge in [-0.15, -0.1) is 13.2 Å². The monoisotopic (exact) mass is 282 g/mol. The molecule has 0 aromatic heterocycles. The summed E-state index contributed by atoms with van der Waals surface area (Å²) < 4.78 is 54.1. The highest BCUT2D eigenvalue weighted by Crippen LogP contribution is 2.30. The van der Waals surface area contributed by atoms with Crippen LogP contribution >= 0.6 is 0 Å². The highest BCUT2D eigenvalue weighted by Gasteiger charge is 2.31. The van der Waals surface area contributed by atoms with E-state index in [-0.39, 0.29) is 5.56 Å². The molecule has 0 bridgehead atoms. The molecule has 0 aliphatic heterocycles. The number of benzene rings is 2. The van der Waals surface area contributed by atoms with Crippen molar-refractivity contribution in [3.05, 3.63) is 60.4 Å². The third kappa shape index (κ3) is 3.38. The van der Waals surface area contributed by atoms with Gasteiger partial charge in [-0.05, 0) is 35.4 Å². The van der Waals surface area contributed by atoms with E-state index >= 15 is 0 Å². The summed E-state index contributed by atoms with van der Waals surface area (Å²) in [7, 11) is 0. The minimum Gasteiger partial charge on any atom is -0.406 e. The van der Waals surface area contributed by atoms with E-state index in [9.17, 15) is 17.6 Å². The van der Waals surface area contributed by atoms with E-state index < -0.39 is 17.9 Å². The first-order valence-corrected chi connectivity index (χ1v) is 5.67. The van der Waals surface area contributed by atoms with Crippen molar-refractivity contribution in [2.45, 2.75) is 6.36 Å². The van der Waals surface area contributed by atoms with Gasteiger partial charge in [0.2, 0.25) is 0 Å². The lowest BCUT2D eigenvalue weighted by atomic mass is 10.0. The van der Waals surface area contributed by atoms with Crippen molar-refractivity contribution in [3.8, 4) is 16.9 Å². The van der Waals surface area contributed by atoms with Crippen LogP contribution in [0.3, 0.4) is 0 Å². The van der Waals surface area contributed by atoms with Gasteiger partial charge in [-0.1, -0.05) is 30.9 Å². The first-order valence-electron chi connectivity index (χ1n) is 5.67. The average molecular weight is 282 g/mol. The van der Waals surface area contributed by atoms with Crippen LogP contribution in [0.2, 0.25) is 0 Å². The van der Waals surface area contributed by atoms with Crippen LogP contribution in [0, 0.1) is 5.82 Å². The van der Waals surface area contributed by atoms with Crippen molar-refractivity contribution in [2.24, 2.45) is 0 Å². The predicted molar refractivity (Wildman–Crippen MR) is 68.6 cm³/mol. The Morgan fingerprint density at radius 1 is 1.05 bits per heavy atom. The van der Waals surface area contributed by atoms with Crippen LogP contribution in [0.5, 0.6) is 5.75 Å². The highest BCUT2D eigenvalue weighted by atomic mass is 19.4. The SMILES string of the molecule is C=Cc1ccc(F)c(-c2cccc(OC(F)(F)F)c2)c1. The van der Waals surface area contributed by atoms with E-state index in [1.165, 1.54) is 36.4 Å². The van der Waals surface area contributed by atoms with Gasteiger partial charge in [0.25, 0.3) is 0 Å². The molecule has 0 saturated carbocycles. The molecule has 2 aromatic carbocycles. The van der Waals surface area contributed by atoms with Crippen LogP contribution < -0.4 is 4.74 Å². The van der Waals surface area contributed by atoms with Crippen molar-refractivity contribution < 1.29 is 22.3 Å². The summed E-state index contributed by atoms with van der Waals surface area (Å²) >= 11 is 0. The standard InChI is InChI=1S/C15H10F4O/c1-2-10-6-7-14(16)13(8-10)11-4-3-5-12(9-11)20-15(17,18)19/h2-9H,1H2. The second kappa shape index (κ2) is 5.36. The molecule has 104 valence electrons. The van der Waals surface area contributed by atoms with E-state index in [1.54, 1.807) is 0 Å². The molecule has 2 aromatic rings. The molecule has 1 nitrogen and oxygen atoms in total. The van der Waals surface area contributed by atoms with Crippen LogP contribution in [0.15, 0.2) is 49.0 Å². The number of ether oxygens (including phenoxy) is 1.